The van der Waals surface area contributed by atoms with Crippen LogP contribution in [0.15, 0.2) is 42.5 Å². The summed E-state index contributed by atoms with van der Waals surface area (Å²) in [5.74, 6) is 1.84. The van der Waals surface area contributed by atoms with E-state index >= 15 is 0 Å². The van der Waals surface area contributed by atoms with Crippen molar-refractivity contribution in [1.29, 1.82) is 0 Å². The zero-order valence-corrected chi connectivity index (χ0v) is 18.9. The van der Waals surface area contributed by atoms with Crippen LogP contribution in [-0.4, -0.2) is 36.6 Å². The fourth-order valence-electron chi connectivity index (χ4n) is 3.31. The number of hydrogen-bond donors (Lipinski definition) is 2. The van der Waals surface area contributed by atoms with Crippen LogP contribution in [0, 0.1) is 6.92 Å². The minimum absolute atomic E-state index is 0.277. The number of ether oxygens (including phenoxy) is 2. The molecule has 0 aliphatic heterocycles. The molecule has 2 N–H and O–H groups in total. The third kappa shape index (κ3) is 10.5. The molecule has 0 unspecified atom stereocenters. The highest BCUT2D eigenvalue weighted by Crippen LogP contribution is 2.21. The Balaban J connectivity index is 1.75. The second-order valence-corrected chi connectivity index (χ2v) is 7.90. The van der Waals surface area contributed by atoms with Gasteiger partial charge < -0.3 is 19.7 Å². The largest absolute Gasteiger partial charge is 0.494 e. The highest BCUT2D eigenvalue weighted by molar-refractivity contribution is 5.70. The topological polar surface area (TPSA) is 58.9 Å². The number of unbranched alkanes of at least 4 members (excludes halogenated alkanes) is 6. The van der Waals surface area contributed by atoms with Crippen LogP contribution in [0.25, 0.3) is 12.2 Å². The lowest BCUT2D eigenvalue weighted by atomic mass is 10.1. The van der Waals surface area contributed by atoms with Crippen molar-refractivity contribution in [2.24, 2.45) is 0 Å². The molecule has 0 heterocycles. The van der Waals surface area contributed by atoms with Gasteiger partial charge in [0.2, 0.25) is 0 Å². The second kappa shape index (κ2) is 15.5. The Bertz CT molecular complexity index is 752. The Morgan fingerprint density at radius 1 is 0.645 bits per heavy atom. The molecule has 0 aliphatic rings. The van der Waals surface area contributed by atoms with Crippen molar-refractivity contribution in [1.82, 2.24) is 0 Å². The summed E-state index contributed by atoms with van der Waals surface area (Å²) >= 11 is 0. The highest BCUT2D eigenvalue weighted by Gasteiger charge is 2.01. The molecule has 0 radical (unpaired) electrons. The fourth-order valence-corrected chi connectivity index (χ4v) is 3.31. The molecule has 0 saturated carbocycles. The van der Waals surface area contributed by atoms with Gasteiger partial charge in [-0.2, -0.15) is 0 Å². The van der Waals surface area contributed by atoms with E-state index in [4.69, 9.17) is 19.7 Å². The van der Waals surface area contributed by atoms with Gasteiger partial charge in [-0.25, -0.2) is 0 Å². The molecule has 4 heteroatoms. The molecule has 2 rings (SSSR count). The van der Waals surface area contributed by atoms with Crippen LogP contribution < -0.4 is 9.47 Å². The number of aryl methyl sites for hydroxylation is 1. The van der Waals surface area contributed by atoms with Gasteiger partial charge in [-0.15, -0.1) is 0 Å². The maximum absolute atomic E-state index is 8.81. The number of hydrogen-bond acceptors (Lipinski definition) is 4. The number of benzene rings is 2. The van der Waals surface area contributed by atoms with Crippen LogP contribution in [0.4, 0.5) is 0 Å². The van der Waals surface area contributed by atoms with Crippen LogP contribution in [0.2, 0.25) is 0 Å². The minimum atomic E-state index is 0.277. The maximum Gasteiger partial charge on any atom is 0.122 e. The lowest BCUT2D eigenvalue weighted by Crippen LogP contribution is -1.99. The maximum atomic E-state index is 8.81. The van der Waals surface area contributed by atoms with Crippen LogP contribution in [0.3, 0.4) is 0 Å². The van der Waals surface area contributed by atoms with Crippen molar-refractivity contribution >= 4 is 12.2 Å². The lowest BCUT2D eigenvalue weighted by molar-refractivity contribution is 0.273. The van der Waals surface area contributed by atoms with Gasteiger partial charge in [0.15, 0.2) is 0 Å². The predicted molar refractivity (Wildman–Crippen MR) is 129 cm³/mol. The Morgan fingerprint density at radius 2 is 1.19 bits per heavy atom. The molecule has 0 amide bonds. The van der Waals surface area contributed by atoms with E-state index in [1.54, 1.807) is 0 Å². The minimum Gasteiger partial charge on any atom is -0.494 e. The van der Waals surface area contributed by atoms with Crippen LogP contribution >= 0.6 is 0 Å². The van der Waals surface area contributed by atoms with Gasteiger partial charge in [0.25, 0.3) is 0 Å². The Morgan fingerprint density at radius 3 is 1.81 bits per heavy atom. The van der Waals surface area contributed by atoms with E-state index in [9.17, 15) is 0 Å². The fraction of sp³-hybridized carbons (Fsp3) is 0.481. The summed E-state index contributed by atoms with van der Waals surface area (Å²) in [5.41, 5.74) is 3.42. The first-order valence-electron chi connectivity index (χ1n) is 11.6. The molecule has 0 atom stereocenters. The first-order chi connectivity index (χ1) is 15.2. The third-order valence-corrected chi connectivity index (χ3v) is 5.18. The van der Waals surface area contributed by atoms with Gasteiger partial charge in [0.05, 0.1) is 13.2 Å². The quantitative estimate of drug-likeness (QED) is 0.254. The first kappa shape index (κ1) is 25.0. The summed E-state index contributed by atoms with van der Waals surface area (Å²) < 4.78 is 11.7. The van der Waals surface area contributed by atoms with Gasteiger partial charge in [-0.3, -0.25) is 0 Å². The van der Waals surface area contributed by atoms with E-state index in [-0.39, 0.29) is 13.2 Å². The van der Waals surface area contributed by atoms with Gasteiger partial charge in [-0.1, -0.05) is 43.2 Å². The standard InChI is InChI=1S/C27H38O4/c1-23-22-25(14-17-27(23)31-21-9-5-3-7-19-29)11-10-24-12-15-26(16-13-24)30-20-8-4-2-6-18-28/h10-17,22,28-29H,2-9,18-21H2,1H3. The predicted octanol–water partition coefficient (Wildman–Crippen LogP) is 6.03. The molecule has 0 saturated heterocycles. The van der Waals surface area contributed by atoms with Crippen LogP contribution in [0.5, 0.6) is 11.5 Å². The molecular formula is C27H38O4. The molecule has 0 fully saturated rings. The molecule has 2 aromatic rings. The summed E-state index contributed by atoms with van der Waals surface area (Å²) in [6.07, 6.45) is 12.3. The summed E-state index contributed by atoms with van der Waals surface area (Å²) in [4.78, 5) is 0. The molecule has 0 aromatic heterocycles. The van der Waals surface area contributed by atoms with Crippen LogP contribution in [-0.2, 0) is 0 Å². The molecule has 170 valence electrons. The smallest absolute Gasteiger partial charge is 0.122 e. The molecule has 0 spiro atoms. The van der Waals surface area contributed by atoms with Crippen LogP contribution in [0.1, 0.15) is 68.1 Å². The molecule has 0 bridgehead atoms. The zero-order chi connectivity index (χ0) is 22.2. The first-order valence-corrected chi connectivity index (χ1v) is 11.6. The Hall–Kier alpha value is -2.30. The van der Waals surface area contributed by atoms with Crippen molar-refractivity contribution in [2.45, 2.75) is 58.3 Å². The van der Waals surface area contributed by atoms with Gasteiger partial charge in [0.1, 0.15) is 11.5 Å². The normalized spacial score (nSPS) is 11.2. The molecular weight excluding hydrogens is 388 g/mol. The number of aliphatic hydroxyl groups is 2. The van der Waals surface area contributed by atoms with E-state index in [1.165, 1.54) is 0 Å². The van der Waals surface area contributed by atoms with Gasteiger partial charge in [0, 0.05) is 13.2 Å². The highest BCUT2D eigenvalue weighted by atomic mass is 16.5. The number of aliphatic hydroxyl groups excluding tert-OH is 2. The van der Waals surface area contributed by atoms with Gasteiger partial charge >= 0.3 is 0 Å². The zero-order valence-electron chi connectivity index (χ0n) is 18.9. The lowest BCUT2D eigenvalue weighted by Gasteiger charge is -2.10. The van der Waals surface area contributed by atoms with Crippen molar-refractivity contribution < 1.29 is 19.7 Å². The average molecular weight is 427 g/mol. The second-order valence-electron chi connectivity index (χ2n) is 7.90. The average Bonchev–Trinajstić information content (AvgIpc) is 2.79. The van der Waals surface area contributed by atoms with E-state index in [2.05, 4.69) is 43.3 Å². The van der Waals surface area contributed by atoms with Crippen molar-refractivity contribution in [3.63, 3.8) is 0 Å². The molecule has 31 heavy (non-hydrogen) atoms. The number of rotatable bonds is 16. The summed E-state index contributed by atoms with van der Waals surface area (Å²) in [6, 6.07) is 14.4. The third-order valence-electron chi connectivity index (χ3n) is 5.18. The summed E-state index contributed by atoms with van der Waals surface area (Å²) in [6.45, 7) is 4.07. The Kier molecular flexibility index (Phi) is 12.5. The van der Waals surface area contributed by atoms with Crippen molar-refractivity contribution in [2.75, 3.05) is 26.4 Å². The Labute approximate surface area is 187 Å². The van der Waals surface area contributed by atoms with Crippen molar-refractivity contribution in [3.05, 3.63) is 59.2 Å². The molecule has 2 aromatic carbocycles. The molecule has 0 aliphatic carbocycles. The van der Waals surface area contributed by atoms with Gasteiger partial charge in [-0.05, 0) is 86.4 Å². The monoisotopic (exact) mass is 426 g/mol. The molecule has 4 nitrogen and oxygen atoms in total. The van der Waals surface area contributed by atoms with E-state index < -0.39 is 0 Å². The van der Waals surface area contributed by atoms with Crippen molar-refractivity contribution in [3.8, 4) is 11.5 Å². The van der Waals surface area contributed by atoms with E-state index in [0.29, 0.717) is 0 Å². The SMILES string of the molecule is Cc1cc(C=Cc2ccc(OCCCCCCO)cc2)ccc1OCCCCCCO. The summed E-state index contributed by atoms with van der Waals surface area (Å²) in [7, 11) is 0. The van der Waals surface area contributed by atoms with E-state index in [1.807, 2.05) is 18.2 Å². The summed E-state index contributed by atoms with van der Waals surface area (Å²) in [5, 5.41) is 17.6. The van der Waals surface area contributed by atoms with E-state index in [0.717, 1.165) is 92.8 Å².